The van der Waals surface area contributed by atoms with E-state index in [1.165, 1.54) is 29.8 Å². The molecule has 1 fully saturated rings. The summed E-state index contributed by atoms with van der Waals surface area (Å²) in [5, 5.41) is 4.09. The van der Waals surface area contributed by atoms with E-state index in [4.69, 9.17) is 4.52 Å². The van der Waals surface area contributed by atoms with Crippen LogP contribution in [0.3, 0.4) is 0 Å². The van der Waals surface area contributed by atoms with Gasteiger partial charge in [0.15, 0.2) is 0 Å². The van der Waals surface area contributed by atoms with Crippen LogP contribution in [-0.2, 0) is 13.0 Å². The Balaban J connectivity index is 1.32. The summed E-state index contributed by atoms with van der Waals surface area (Å²) in [6.45, 7) is 5.32. The molecule has 1 aromatic heterocycles. The topological polar surface area (TPSA) is 62.5 Å². The summed E-state index contributed by atoms with van der Waals surface area (Å²) in [6.07, 6.45) is 0.993. The molecule has 0 radical (unpaired) electrons. The number of halogens is 1. The molecule has 0 spiro atoms. The van der Waals surface area contributed by atoms with Gasteiger partial charge in [0.05, 0.1) is 6.54 Å². The fraction of sp³-hybridized carbons (Fsp3) is 0.318. The first-order valence-electron chi connectivity index (χ1n) is 9.81. The van der Waals surface area contributed by atoms with E-state index in [-0.39, 0.29) is 11.7 Å². The van der Waals surface area contributed by atoms with Crippen LogP contribution in [0.25, 0.3) is 11.4 Å². The fourth-order valence-corrected chi connectivity index (χ4v) is 3.40. The Labute approximate surface area is 168 Å². The first-order valence-corrected chi connectivity index (χ1v) is 9.81. The van der Waals surface area contributed by atoms with Crippen molar-refractivity contribution in [1.29, 1.82) is 0 Å². The Morgan fingerprint density at radius 1 is 1.03 bits per heavy atom. The third-order valence-electron chi connectivity index (χ3n) is 5.20. The molecule has 0 unspecified atom stereocenters. The number of benzene rings is 2. The van der Waals surface area contributed by atoms with Crippen LogP contribution in [0.2, 0.25) is 0 Å². The monoisotopic (exact) mass is 394 g/mol. The summed E-state index contributed by atoms with van der Waals surface area (Å²) in [5.74, 6) is 0.748. The second kappa shape index (κ2) is 8.53. The van der Waals surface area contributed by atoms with Crippen molar-refractivity contribution in [2.45, 2.75) is 19.9 Å². The number of carbonyl (C=O) groups is 1. The summed E-state index contributed by atoms with van der Waals surface area (Å²) in [4.78, 5) is 21.0. The molecule has 29 heavy (non-hydrogen) atoms. The van der Waals surface area contributed by atoms with E-state index >= 15 is 0 Å². The minimum atomic E-state index is -0.341. The molecule has 6 nitrogen and oxygen atoms in total. The molecule has 7 heteroatoms. The van der Waals surface area contributed by atoms with Crippen molar-refractivity contribution in [3.05, 3.63) is 71.4 Å². The predicted octanol–water partition coefficient (Wildman–Crippen LogP) is 3.40. The number of piperazine rings is 1. The van der Waals surface area contributed by atoms with Crippen LogP contribution in [-0.4, -0.2) is 52.0 Å². The summed E-state index contributed by atoms with van der Waals surface area (Å²) < 4.78 is 18.5. The van der Waals surface area contributed by atoms with Gasteiger partial charge in [-0.15, -0.1) is 0 Å². The first kappa shape index (κ1) is 19.3. The highest BCUT2D eigenvalue weighted by Gasteiger charge is 2.23. The van der Waals surface area contributed by atoms with E-state index in [9.17, 15) is 9.18 Å². The third kappa shape index (κ3) is 4.51. The Hall–Kier alpha value is -3.06. The van der Waals surface area contributed by atoms with Crippen molar-refractivity contribution in [2.75, 3.05) is 26.2 Å². The van der Waals surface area contributed by atoms with E-state index < -0.39 is 0 Å². The highest BCUT2D eigenvalue weighted by molar-refractivity contribution is 5.94. The van der Waals surface area contributed by atoms with Gasteiger partial charge in [0, 0.05) is 37.3 Å². The van der Waals surface area contributed by atoms with Gasteiger partial charge in [0.1, 0.15) is 5.82 Å². The average Bonchev–Trinajstić information content (AvgIpc) is 3.23. The molecule has 1 aliphatic heterocycles. The lowest BCUT2D eigenvalue weighted by molar-refractivity contribution is 0.0615. The van der Waals surface area contributed by atoms with Crippen LogP contribution in [0.15, 0.2) is 53.1 Å². The van der Waals surface area contributed by atoms with Crippen molar-refractivity contribution in [3.8, 4) is 11.4 Å². The molecule has 0 saturated carbocycles. The quantitative estimate of drug-likeness (QED) is 0.664. The smallest absolute Gasteiger partial charge is 0.253 e. The zero-order chi connectivity index (χ0) is 20.2. The van der Waals surface area contributed by atoms with Gasteiger partial charge in [-0.3, -0.25) is 9.69 Å². The number of nitrogens with zero attached hydrogens (tertiary/aromatic N) is 4. The van der Waals surface area contributed by atoms with Gasteiger partial charge >= 0.3 is 0 Å². The number of carbonyl (C=O) groups excluding carboxylic acids is 1. The molecule has 1 aliphatic rings. The number of hydrogen-bond donors (Lipinski definition) is 0. The summed E-state index contributed by atoms with van der Waals surface area (Å²) in [5.41, 5.74) is 2.72. The molecule has 0 bridgehead atoms. The largest absolute Gasteiger partial charge is 0.338 e. The van der Waals surface area contributed by atoms with Gasteiger partial charge < -0.3 is 9.42 Å². The molecule has 2 heterocycles. The zero-order valence-electron chi connectivity index (χ0n) is 16.3. The summed E-state index contributed by atoms with van der Waals surface area (Å²) in [7, 11) is 0. The molecule has 2 aromatic carbocycles. The number of aryl methyl sites for hydroxylation is 1. The highest BCUT2D eigenvalue weighted by Crippen LogP contribution is 2.18. The van der Waals surface area contributed by atoms with Gasteiger partial charge in [-0.05, 0) is 36.2 Å². The zero-order valence-corrected chi connectivity index (χ0v) is 16.3. The van der Waals surface area contributed by atoms with Crippen molar-refractivity contribution in [3.63, 3.8) is 0 Å². The van der Waals surface area contributed by atoms with E-state index in [1.54, 1.807) is 4.90 Å². The second-order valence-electron chi connectivity index (χ2n) is 7.14. The maximum atomic E-state index is 13.0. The van der Waals surface area contributed by atoms with Gasteiger partial charge in [-0.2, -0.15) is 4.98 Å². The van der Waals surface area contributed by atoms with Gasteiger partial charge in [0.25, 0.3) is 5.91 Å². The molecular weight excluding hydrogens is 371 g/mol. The van der Waals surface area contributed by atoms with Gasteiger partial charge in [-0.25, -0.2) is 4.39 Å². The third-order valence-corrected chi connectivity index (χ3v) is 5.20. The summed E-state index contributed by atoms with van der Waals surface area (Å²) >= 11 is 0. The lowest BCUT2D eigenvalue weighted by atomic mass is 10.1. The van der Waals surface area contributed by atoms with Crippen LogP contribution in [0.1, 0.15) is 28.7 Å². The SMILES string of the molecule is CCc1ccc(-c2noc(CN3CCN(C(=O)c4ccc(F)cc4)CC3)n2)cc1. The number of aromatic nitrogens is 2. The van der Waals surface area contributed by atoms with E-state index in [1.807, 2.05) is 12.1 Å². The van der Waals surface area contributed by atoms with Crippen molar-refractivity contribution in [2.24, 2.45) is 0 Å². The molecule has 1 amide bonds. The molecule has 0 atom stereocenters. The maximum absolute atomic E-state index is 13.0. The minimum absolute atomic E-state index is 0.0692. The van der Waals surface area contributed by atoms with Crippen LogP contribution in [0.5, 0.6) is 0 Å². The molecule has 4 rings (SSSR count). The van der Waals surface area contributed by atoms with Crippen molar-refractivity contribution >= 4 is 5.91 Å². The number of amides is 1. The minimum Gasteiger partial charge on any atom is -0.338 e. The molecular formula is C22H23FN4O2. The van der Waals surface area contributed by atoms with Crippen LogP contribution in [0, 0.1) is 5.82 Å². The predicted molar refractivity (Wildman–Crippen MR) is 107 cm³/mol. The van der Waals surface area contributed by atoms with Crippen LogP contribution >= 0.6 is 0 Å². The molecule has 1 saturated heterocycles. The second-order valence-corrected chi connectivity index (χ2v) is 7.14. The maximum Gasteiger partial charge on any atom is 0.253 e. The van der Waals surface area contributed by atoms with Crippen molar-refractivity contribution in [1.82, 2.24) is 19.9 Å². The highest BCUT2D eigenvalue weighted by atomic mass is 19.1. The molecule has 0 N–H and O–H groups in total. The first-order chi connectivity index (χ1) is 14.1. The molecule has 150 valence electrons. The molecule has 0 aliphatic carbocycles. The average molecular weight is 394 g/mol. The fourth-order valence-electron chi connectivity index (χ4n) is 3.40. The van der Waals surface area contributed by atoms with Crippen molar-refractivity contribution < 1.29 is 13.7 Å². The van der Waals surface area contributed by atoms with Crippen LogP contribution in [0.4, 0.5) is 4.39 Å². The van der Waals surface area contributed by atoms with E-state index in [0.717, 1.165) is 25.1 Å². The Bertz CT molecular complexity index is 961. The number of rotatable bonds is 5. The lowest BCUT2D eigenvalue weighted by Gasteiger charge is -2.34. The summed E-state index contributed by atoms with van der Waals surface area (Å²) in [6, 6.07) is 13.8. The van der Waals surface area contributed by atoms with E-state index in [2.05, 4.69) is 34.1 Å². The van der Waals surface area contributed by atoms with E-state index in [0.29, 0.717) is 36.9 Å². The number of hydrogen-bond acceptors (Lipinski definition) is 5. The standard InChI is InChI=1S/C22H23FN4O2/c1-2-16-3-5-17(6-4-16)21-24-20(29-25-21)15-26-11-13-27(14-12-26)22(28)18-7-9-19(23)10-8-18/h3-10H,2,11-15H2,1H3. The Morgan fingerprint density at radius 2 is 1.72 bits per heavy atom. The lowest BCUT2D eigenvalue weighted by Crippen LogP contribution is -2.48. The normalized spacial score (nSPS) is 14.9. The molecule has 3 aromatic rings. The Morgan fingerprint density at radius 3 is 2.38 bits per heavy atom. The van der Waals surface area contributed by atoms with Gasteiger partial charge in [-0.1, -0.05) is 36.3 Å². The van der Waals surface area contributed by atoms with Gasteiger partial charge in [0.2, 0.25) is 11.7 Å². The van der Waals surface area contributed by atoms with Crippen LogP contribution < -0.4 is 0 Å². The Kier molecular flexibility index (Phi) is 5.67.